The average molecular weight is 477 g/mol. The molecule has 1 aliphatic heterocycles. The van der Waals surface area contributed by atoms with Crippen molar-refractivity contribution in [3.8, 4) is 6.07 Å². The number of nitrogens with zero attached hydrogens (tertiary/aromatic N) is 3. The van der Waals surface area contributed by atoms with Gasteiger partial charge in [0.15, 0.2) is 0 Å². The predicted octanol–water partition coefficient (Wildman–Crippen LogP) is 4.29. The molecule has 3 rings (SSSR count). The molecule has 0 saturated heterocycles. The molecule has 1 N–H and O–H groups in total. The minimum absolute atomic E-state index is 0.0767. The Labute approximate surface area is 189 Å². The van der Waals surface area contributed by atoms with Crippen LogP contribution < -0.4 is 4.90 Å². The van der Waals surface area contributed by atoms with Gasteiger partial charge >= 0.3 is 18.2 Å². The van der Waals surface area contributed by atoms with Crippen LogP contribution in [0.25, 0.3) is 0 Å². The van der Waals surface area contributed by atoms with E-state index in [1.54, 1.807) is 0 Å². The number of carbonyl (C=O) groups is 2. The van der Waals surface area contributed by atoms with E-state index in [0.717, 1.165) is 28.0 Å². The molecule has 2 atom stereocenters. The number of hydrogen-bond acceptors (Lipinski definition) is 4. The number of nitriles is 1. The van der Waals surface area contributed by atoms with E-state index >= 15 is 0 Å². The third-order valence-corrected chi connectivity index (χ3v) is 6.26. The molecule has 0 aromatic heterocycles. The third kappa shape index (κ3) is 4.34. The second-order valence-corrected chi connectivity index (χ2v) is 8.65. The van der Waals surface area contributed by atoms with Gasteiger partial charge in [-0.05, 0) is 42.8 Å². The Morgan fingerprint density at radius 2 is 1.88 bits per heavy atom. The summed E-state index contributed by atoms with van der Waals surface area (Å²) in [7, 11) is -0.312. The number of alkyl halides is 3. The highest BCUT2D eigenvalue weighted by molar-refractivity contribution is 7.84. The molecule has 1 aliphatic rings. The number of carboxylic acids is 1. The van der Waals surface area contributed by atoms with E-state index in [2.05, 4.69) is 0 Å². The lowest BCUT2D eigenvalue weighted by atomic mass is 9.92. The largest absolute Gasteiger partial charge is 0.478 e. The fourth-order valence-corrected chi connectivity index (χ4v) is 4.57. The van der Waals surface area contributed by atoms with Crippen LogP contribution in [0, 0.1) is 11.3 Å². The number of benzene rings is 2. The smallest absolute Gasteiger partial charge is 0.416 e. The number of allylic oxidation sites excluding steroid dienone is 1. The summed E-state index contributed by atoms with van der Waals surface area (Å²) < 4.78 is 52.0. The first-order valence-electron chi connectivity index (χ1n) is 9.44. The van der Waals surface area contributed by atoms with Gasteiger partial charge in [-0.15, -0.1) is 0 Å². The van der Waals surface area contributed by atoms with Gasteiger partial charge in [0.1, 0.15) is 0 Å². The van der Waals surface area contributed by atoms with Crippen molar-refractivity contribution in [2.24, 2.45) is 0 Å². The highest BCUT2D eigenvalue weighted by Crippen LogP contribution is 2.41. The zero-order chi connectivity index (χ0) is 24.7. The van der Waals surface area contributed by atoms with E-state index in [-0.39, 0.29) is 33.0 Å². The van der Waals surface area contributed by atoms with Crippen LogP contribution in [0.15, 0.2) is 58.6 Å². The molecule has 2 aromatic rings. The Morgan fingerprint density at radius 1 is 1.21 bits per heavy atom. The highest BCUT2D eigenvalue weighted by atomic mass is 32.2. The molecule has 7 nitrogen and oxygen atoms in total. The van der Waals surface area contributed by atoms with Gasteiger partial charge in [-0.1, -0.05) is 12.1 Å². The molecule has 172 valence electrons. The van der Waals surface area contributed by atoms with Crippen molar-refractivity contribution in [3.63, 3.8) is 0 Å². The molecule has 0 spiro atoms. The van der Waals surface area contributed by atoms with Crippen molar-refractivity contribution in [1.29, 1.82) is 5.26 Å². The summed E-state index contributed by atoms with van der Waals surface area (Å²) in [6.45, 7) is 1.33. The van der Waals surface area contributed by atoms with Gasteiger partial charge in [-0.3, -0.25) is 9.11 Å². The van der Waals surface area contributed by atoms with Gasteiger partial charge in [0, 0.05) is 23.9 Å². The van der Waals surface area contributed by atoms with Gasteiger partial charge in [-0.2, -0.15) is 18.4 Å². The Balaban J connectivity index is 2.26. The normalized spacial score (nSPS) is 17.7. The minimum Gasteiger partial charge on any atom is -0.478 e. The number of urea groups is 1. The lowest BCUT2D eigenvalue weighted by Gasteiger charge is -2.41. The number of aliphatic carboxylic acids is 1. The van der Waals surface area contributed by atoms with Crippen LogP contribution >= 0.6 is 0 Å². The van der Waals surface area contributed by atoms with Gasteiger partial charge in [0.05, 0.1) is 45.3 Å². The number of carboxylic acid groups (broad SMARTS) is 1. The van der Waals surface area contributed by atoms with Crippen molar-refractivity contribution >= 4 is 28.5 Å². The number of rotatable bonds is 4. The molecule has 2 aromatic carbocycles. The Hall–Kier alpha value is -3.65. The summed E-state index contributed by atoms with van der Waals surface area (Å²) in [6.07, 6.45) is -3.30. The highest BCUT2D eigenvalue weighted by Gasteiger charge is 2.42. The van der Waals surface area contributed by atoms with E-state index in [0.29, 0.717) is 0 Å². The molecular weight excluding hydrogens is 459 g/mol. The van der Waals surface area contributed by atoms with E-state index in [1.807, 2.05) is 6.07 Å². The number of amides is 2. The summed E-state index contributed by atoms with van der Waals surface area (Å²) in [5, 5.41) is 19.2. The van der Waals surface area contributed by atoms with Crippen molar-refractivity contribution in [1.82, 2.24) is 4.90 Å². The minimum atomic E-state index is -4.65. The molecular formula is C22H18F3N3O4S. The molecule has 0 fully saturated rings. The first kappa shape index (κ1) is 24.0. The van der Waals surface area contributed by atoms with Gasteiger partial charge in [-0.25, -0.2) is 9.59 Å². The molecule has 0 aliphatic carbocycles. The molecule has 11 heteroatoms. The van der Waals surface area contributed by atoms with Crippen LogP contribution in [0.3, 0.4) is 0 Å². The molecule has 0 saturated carbocycles. The first-order chi connectivity index (χ1) is 15.4. The fourth-order valence-electron chi connectivity index (χ4n) is 3.76. The Kier molecular flexibility index (Phi) is 6.33. The Morgan fingerprint density at radius 3 is 2.42 bits per heavy atom. The summed E-state index contributed by atoms with van der Waals surface area (Å²) >= 11 is 0. The number of halogens is 3. The first-order valence-corrected chi connectivity index (χ1v) is 11.0. The van der Waals surface area contributed by atoms with Crippen molar-refractivity contribution in [3.05, 3.63) is 70.4 Å². The van der Waals surface area contributed by atoms with Gasteiger partial charge in [0.2, 0.25) is 0 Å². The van der Waals surface area contributed by atoms with E-state index in [9.17, 15) is 32.1 Å². The molecule has 1 heterocycles. The maximum atomic E-state index is 13.3. The second-order valence-electron chi connectivity index (χ2n) is 7.30. The van der Waals surface area contributed by atoms with Crippen LogP contribution in [-0.2, 0) is 21.8 Å². The Bertz CT molecular complexity index is 1250. The van der Waals surface area contributed by atoms with Crippen molar-refractivity contribution in [2.45, 2.75) is 24.0 Å². The summed E-state index contributed by atoms with van der Waals surface area (Å²) in [5.41, 5.74) is -1.03. The standard InChI is InChI=1S/C22H18F3N3O4S/c1-12-18(20(29)30)19(16-8-7-13(11-26)9-17(16)33(3)32)27(2)21(31)28(12)15-6-4-5-14(10-15)22(23,24)25/h4-10,19H,1-3H3,(H,29,30). The molecule has 2 unspecified atom stereocenters. The van der Waals surface area contributed by atoms with E-state index in [4.69, 9.17) is 5.26 Å². The maximum absolute atomic E-state index is 13.3. The fraction of sp³-hybridized carbons (Fsp3) is 0.227. The number of likely N-dealkylation sites (N-methyl/N-ethyl adjacent to an activating group) is 1. The lowest BCUT2D eigenvalue weighted by Crippen LogP contribution is -2.49. The topological polar surface area (TPSA) is 102 Å². The number of carbonyl (C=O) groups excluding carboxylic acids is 1. The predicted molar refractivity (Wildman–Crippen MR) is 114 cm³/mol. The van der Waals surface area contributed by atoms with Gasteiger partial charge < -0.3 is 10.0 Å². The summed E-state index contributed by atoms with van der Waals surface area (Å²) in [5.74, 6) is -1.40. The monoisotopic (exact) mass is 477 g/mol. The summed E-state index contributed by atoms with van der Waals surface area (Å²) in [6, 6.07) is 8.20. The van der Waals surface area contributed by atoms with Gasteiger partial charge in [0.25, 0.3) is 0 Å². The lowest BCUT2D eigenvalue weighted by molar-refractivity contribution is -0.137. The van der Waals surface area contributed by atoms with Crippen molar-refractivity contribution < 1.29 is 32.1 Å². The second kappa shape index (κ2) is 8.71. The molecule has 2 amide bonds. The molecule has 0 radical (unpaired) electrons. The van der Waals surface area contributed by atoms with Crippen LogP contribution in [0.1, 0.15) is 29.7 Å². The van der Waals surface area contributed by atoms with Crippen LogP contribution in [0.5, 0.6) is 0 Å². The van der Waals surface area contributed by atoms with Crippen LogP contribution in [0.2, 0.25) is 0 Å². The third-order valence-electron chi connectivity index (χ3n) is 5.29. The zero-order valence-corrected chi connectivity index (χ0v) is 18.5. The molecule has 0 bridgehead atoms. The van der Waals surface area contributed by atoms with Crippen molar-refractivity contribution in [2.75, 3.05) is 18.2 Å². The average Bonchev–Trinajstić information content (AvgIpc) is 2.75. The quantitative estimate of drug-likeness (QED) is 0.708. The summed E-state index contributed by atoms with van der Waals surface area (Å²) in [4.78, 5) is 27.7. The zero-order valence-electron chi connectivity index (χ0n) is 17.7. The molecule has 33 heavy (non-hydrogen) atoms. The SMILES string of the molecule is CC1=C(C(=O)O)C(c2ccc(C#N)cc2S(C)=O)N(C)C(=O)N1c1cccc(C(F)(F)F)c1. The van der Waals surface area contributed by atoms with E-state index < -0.39 is 40.6 Å². The number of anilines is 1. The van der Waals surface area contributed by atoms with Crippen LogP contribution in [-0.4, -0.2) is 39.5 Å². The van der Waals surface area contributed by atoms with Crippen LogP contribution in [0.4, 0.5) is 23.7 Å². The van der Waals surface area contributed by atoms with E-state index in [1.165, 1.54) is 44.5 Å². The number of hydrogen-bond donors (Lipinski definition) is 1. The maximum Gasteiger partial charge on any atom is 0.416 e.